The Morgan fingerprint density at radius 3 is 2.84 bits per heavy atom. The predicted octanol–water partition coefficient (Wildman–Crippen LogP) is 2.56. The van der Waals surface area contributed by atoms with E-state index in [9.17, 15) is 14.0 Å². The summed E-state index contributed by atoms with van der Waals surface area (Å²) in [5.41, 5.74) is 0.281. The third kappa shape index (κ3) is 3.04. The molecule has 0 saturated carbocycles. The van der Waals surface area contributed by atoms with E-state index in [2.05, 4.69) is 0 Å². The molecule has 1 aliphatic heterocycles. The number of benzene rings is 1. The molecule has 1 heterocycles. The van der Waals surface area contributed by atoms with Gasteiger partial charge < -0.3 is 10.0 Å². The number of halogens is 2. The maximum Gasteiger partial charge on any atom is 0.305 e. The van der Waals surface area contributed by atoms with Crippen LogP contribution in [0.3, 0.4) is 0 Å². The van der Waals surface area contributed by atoms with Crippen molar-refractivity contribution in [2.45, 2.75) is 25.3 Å². The van der Waals surface area contributed by atoms with E-state index in [1.807, 2.05) is 0 Å². The third-order valence-corrected chi connectivity index (χ3v) is 3.50. The van der Waals surface area contributed by atoms with Gasteiger partial charge in [0.25, 0.3) is 5.91 Å². The van der Waals surface area contributed by atoms with Crippen LogP contribution in [0, 0.1) is 5.82 Å². The number of amides is 1. The van der Waals surface area contributed by atoms with Crippen LogP contribution in [0.25, 0.3) is 0 Å². The lowest BCUT2D eigenvalue weighted by Crippen LogP contribution is -2.36. The van der Waals surface area contributed by atoms with Gasteiger partial charge in [-0.1, -0.05) is 11.6 Å². The summed E-state index contributed by atoms with van der Waals surface area (Å²) in [6.45, 7) is 0.520. The SMILES string of the molecule is O=C(O)CC1CCCN1C(=O)c1ccc(F)c(Cl)c1. The number of carboxylic acid groups (broad SMARTS) is 1. The summed E-state index contributed by atoms with van der Waals surface area (Å²) in [5.74, 6) is -1.81. The topological polar surface area (TPSA) is 57.6 Å². The highest BCUT2D eigenvalue weighted by Crippen LogP contribution is 2.24. The van der Waals surface area contributed by atoms with Crippen molar-refractivity contribution in [1.29, 1.82) is 0 Å². The number of likely N-dealkylation sites (tertiary alicyclic amines) is 1. The molecule has 1 aromatic carbocycles. The normalized spacial score (nSPS) is 18.6. The van der Waals surface area contributed by atoms with E-state index < -0.39 is 11.8 Å². The first-order valence-electron chi connectivity index (χ1n) is 5.97. The average Bonchev–Trinajstić information content (AvgIpc) is 2.79. The minimum atomic E-state index is -0.929. The number of rotatable bonds is 3. The van der Waals surface area contributed by atoms with E-state index in [-0.39, 0.29) is 29.0 Å². The smallest absolute Gasteiger partial charge is 0.305 e. The largest absolute Gasteiger partial charge is 0.481 e. The Morgan fingerprint density at radius 1 is 1.47 bits per heavy atom. The summed E-state index contributed by atoms with van der Waals surface area (Å²) in [6, 6.07) is 3.47. The Kier molecular flexibility index (Phi) is 4.04. The van der Waals surface area contributed by atoms with Crippen molar-refractivity contribution in [3.8, 4) is 0 Å². The summed E-state index contributed by atoms with van der Waals surface area (Å²) in [5, 5.41) is 8.70. The maximum absolute atomic E-state index is 13.1. The number of hydrogen-bond acceptors (Lipinski definition) is 2. The van der Waals surface area contributed by atoms with Crippen LogP contribution in [0.1, 0.15) is 29.6 Å². The summed E-state index contributed by atoms with van der Waals surface area (Å²) < 4.78 is 13.1. The van der Waals surface area contributed by atoms with Gasteiger partial charge in [-0.15, -0.1) is 0 Å². The van der Waals surface area contributed by atoms with Crippen LogP contribution >= 0.6 is 11.6 Å². The van der Waals surface area contributed by atoms with E-state index in [4.69, 9.17) is 16.7 Å². The molecule has 1 unspecified atom stereocenters. The highest BCUT2D eigenvalue weighted by molar-refractivity contribution is 6.31. The Labute approximate surface area is 114 Å². The van der Waals surface area contributed by atoms with Gasteiger partial charge in [-0.3, -0.25) is 9.59 Å². The fourth-order valence-electron chi connectivity index (χ4n) is 2.31. The minimum Gasteiger partial charge on any atom is -0.481 e. The molecule has 1 aliphatic rings. The van der Waals surface area contributed by atoms with Crippen molar-refractivity contribution in [3.05, 3.63) is 34.6 Å². The van der Waals surface area contributed by atoms with Crippen LogP contribution < -0.4 is 0 Å². The number of aliphatic carboxylic acids is 1. The second kappa shape index (κ2) is 5.57. The molecule has 6 heteroatoms. The fraction of sp³-hybridized carbons (Fsp3) is 0.385. The van der Waals surface area contributed by atoms with Crippen molar-refractivity contribution in [3.63, 3.8) is 0 Å². The maximum atomic E-state index is 13.1. The molecule has 1 atom stereocenters. The zero-order chi connectivity index (χ0) is 14.0. The van der Waals surface area contributed by atoms with Crippen LogP contribution in [-0.4, -0.2) is 34.5 Å². The number of hydrogen-bond donors (Lipinski definition) is 1. The molecule has 0 radical (unpaired) electrons. The quantitative estimate of drug-likeness (QED) is 0.928. The first-order valence-corrected chi connectivity index (χ1v) is 6.34. The van der Waals surface area contributed by atoms with Gasteiger partial charge in [-0.05, 0) is 31.0 Å². The van der Waals surface area contributed by atoms with Crippen LogP contribution in [0.15, 0.2) is 18.2 Å². The van der Waals surface area contributed by atoms with E-state index in [0.717, 1.165) is 12.5 Å². The molecule has 1 aromatic rings. The van der Waals surface area contributed by atoms with Crippen LogP contribution in [-0.2, 0) is 4.79 Å². The first-order chi connectivity index (χ1) is 8.99. The Morgan fingerprint density at radius 2 is 2.21 bits per heavy atom. The third-order valence-electron chi connectivity index (χ3n) is 3.21. The molecule has 0 bridgehead atoms. The van der Waals surface area contributed by atoms with Gasteiger partial charge in [-0.25, -0.2) is 4.39 Å². The second-order valence-corrected chi connectivity index (χ2v) is 4.93. The monoisotopic (exact) mass is 285 g/mol. The van der Waals surface area contributed by atoms with Gasteiger partial charge in [0.15, 0.2) is 0 Å². The molecular weight excluding hydrogens is 273 g/mol. The number of carbonyl (C=O) groups excluding carboxylic acids is 1. The summed E-state index contributed by atoms with van der Waals surface area (Å²) in [7, 11) is 0. The zero-order valence-electron chi connectivity index (χ0n) is 10.1. The van der Waals surface area contributed by atoms with E-state index in [0.29, 0.717) is 13.0 Å². The van der Waals surface area contributed by atoms with Crippen molar-refractivity contribution < 1.29 is 19.1 Å². The van der Waals surface area contributed by atoms with Crippen molar-refractivity contribution in [1.82, 2.24) is 4.90 Å². The lowest BCUT2D eigenvalue weighted by atomic mass is 10.1. The minimum absolute atomic E-state index is 0.0688. The number of carbonyl (C=O) groups is 2. The van der Waals surface area contributed by atoms with E-state index >= 15 is 0 Å². The molecule has 2 rings (SSSR count). The van der Waals surface area contributed by atoms with Gasteiger partial charge >= 0.3 is 5.97 Å². The molecule has 0 aromatic heterocycles. The summed E-state index contributed by atoms with van der Waals surface area (Å²) >= 11 is 5.65. The van der Waals surface area contributed by atoms with Gasteiger partial charge in [-0.2, -0.15) is 0 Å². The zero-order valence-corrected chi connectivity index (χ0v) is 10.9. The van der Waals surface area contributed by atoms with Gasteiger partial charge in [0.05, 0.1) is 11.4 Å². The highest BCUT2D eigenvalue weighted by Gasteiger charge is 2.31. The molecule has 0 spiro atoms. The van der Waals surface area contributed by atoms with E-state index in [1.165, 1.54) is 17.0 Å². The highest BCUT2D eigenvalue weighted by atomic mass is 35.5. The van der Waals surface area contributed by atoms with Crippen molar-refractivity contribution in [2.75, 3.05) is 6.54 Å². The van der Waals surface area contributed by atoms with Crippen molar-refractivity contribution >= 4 is 23.5 Å². The molecule has 0 aliphatic carbocycles. The van der Waals surface area contributed by atoms with Gasteiger partial charge in [0, 0.05) is 18.2 Å². The van der Waals surface area contributed by atoms with Crippen LogP contribution in [0.2, 0.25) is 5.02 Å². The summed E-state index contributed by atoms with van der Waals surface area (Å²) in [6.07, 6.45) is 1.38. The molecule has 1 N–H and O–H groups in total. The molecular formula is C13H13ClFNO3. The molecule has 19 heavy (non-hydrogen) atoms. The molecule has 1 fully saturated rings. The average molecular weight is 286 g/mol. The first kappa shape index (κ1) is 13.8. The lowest BCUT2D eigenvalue weighted by Gasteiger charge is -2.23. The van der Waals surface area contributed by atoms with Crippen LogP contribution in [0.5, 0.6) is 0 Å². The number of nitrogens with zero attached hydrogens (tertiary/aromatic N) is 1. The predicted molar refractivity (Wildman–Crippen MR) is 67.7 cm³/mol. The Hall–Kier alpha value is -1.62. The van der Waals surface area contributed by atoms with Crippen molar-refractivity contribution in [2.24, 2.45) is 0 Å². The van der Waals surface area contributed by atoms with E-state index in [1.54, 1.807) is 0 Å². The molecule has 102 valence electrons. The Bertz CT molecular complexity index is 521. The molecule has 1 saturated heterocycles. The molecule has 1 amide bonds. The molecule has 4 nitrogen and oxygen atoms in total. The lowest BCUT2D eigenvalue weighted by molar-refractivity contribution is -0.137. The standard InChI is InChI=1S/C13H13ClFNO3/c14-10-6-8(3-4-11(10)15)13(19)16-5-1-2-9(16)7-12(17)18/h3-4,6,9H,1-2,5,7H2,(H,17,18). The van der Waals surface area contributed by atoms with Gasteiger partial charge in [0.1, 0.15) is 5.82 Å². The number of carboxylic acids is 1. The Balaban J connectivity index is 2.18. The summed E-state index contributed by atoms with van der Waals surface area (Å²) in [4.78, 5) is 24.5. The van der Waals surface area contributed by atoms with Crippen LogP contribution in [0.4, 0.5) is 4.39 Å². The second-order valence-electron chi connectivity index (χ2n) is 4.52. The van der Waals surface area contributed by atoms with Gasteiger partial charge in [0.2, 0.25) is 0 Å². The fourth-order valence-corrected chi connectivity index (χ4v) is 2.49.